The van der Waals surface area contributed by atoms with Crippen LogP contribution in [-0.2, 0) is 4.74 Å². The van der Waals surface area contributed by atoms with Crippen molar-refractivity contribution in [1.82, 2.24) is 9.88 Å². The number of hydrogen-bond acceptors (Lipinski definition) is 4. The number of rotatable bonds is 4. The summed E-state index contributed by atoms with van der Waals surface area (Å²) in [5.74, 6) is 1.23. The maximum absolute atomic E-state index is 12.9. The van der Waals surface area contributed by atoms with E-state index in [0.29, 0.717) is 30.4 Å². The van der Waals surface area contributed by atoms with Crippen LogP contribution in [0.15, 0.2) is 34.7 Å². The number of piperidine rings is 1. The van der Waals surface area contributed by atoms with Crippen LogP contribution in [0.5, 0.6) is 0 Å². The molecule has 2 heterocycles. The van der Waals surface area contributed by atoms with Crippen molar-refractivity contribution in [2.75, 3.05) is 20.2 Å². The minimum atomic E-state index is -0.0424. The SMILES string of the molecule is COC1CCN(C(=O)c2nc(-c3ccccc3)oc2C(C)C)CC1. The molecule has 1 aliphatic rings. The van der Waals surface area contributed by atoms with Crippen LogP contribution in [0, 0.1) is 0 Å². The quantitative estimate of drug-likeness (QED) is 0.858. The van der Waals surface area contributed by atoms with Gasteiger partial charge in [-0.15, -0.1) is 0 Å². The maximum Gasteiger partial charge on any atom is 0.276 e. The first-order valence-electron chi connectivity index (χ1n) is 8.48. The van der Waals surface area contributed by atoms with Gasteiger partial charge < -0.3 is 14.1 Å². The van der Waals surface area contributed by atoms with Crippen LogP contribution in [0.3, 0.4) is 0 Å². The number of carbonyl (C=O) groups excluding carboxylic acids is 1. The molecule has 5 heteroatoms. The molecule has 1 aromatic heterocycles. The van der Waals surface area contributed by atoms with E-state index in [1.54, 1.807) is 7.11 Å². The summed E-state index contributed by atoms with van der Waals surface area (Å²) in [5, 5.41) is 0. The van der Waals surface area contributed by atoms with Crippen LogP contribution in [0.1, 0.15) is 48.9 Å². The number of nitrogens with zero attached hydrogens (tertiary/aromatic N) is 2. The summed E-state index contributed by atoms with van der Waals surface area (Å²) in [4.78, 5) is 19.3. The maximum atomic E-state index is 12.9. The molecule has 5 nitrogen and oxygen atoms in total. The highest BCUT2D eigenvalue weighted by molar-refractivity contribution is 5.94. The summed E-state index contributed by atoms with van der Waals surface area (Å²) in [6.45, 7) is 5.43. The van der Waals surface area contributed by atoms with E-state index in [-0.39, 0.29) is 17.9 Å². The first kappa shape index (κ1) is 16.7. The predicted octanol–water partition coefficient (Wildman–Crippen LogP) is 3.72. The lowest BCUT2D eigenvalue weighted by Gasteiger charge is -2.30. The average Bonchev–Trinajstić information content (AvgIpc) is 3.07. The zero-order chi connectivity index (χ0) is 17.1. The Labute approximate surface area is 142 Å². The van der Waals surface area contributed by atoms with Crippen LogP contribution >= 0.6 is 0 Å². The lowest BCUT2D eigenvalue weighted by Crippen LogP contribution is -2.41. The van der Waals surface area contributed by atoms with Gasteiger partial charge in [-0.1, -0.05) is 32.0 Å². The molecule has 1 fully saturated rings. The highest BCUT2D eigenvalue weighted by Gasteiger charge is 2.29. The molecule has 0 N–H and O–H groups in total. The Bertz CT molecular complexity index is 686. The first-order valence-corrected chi connectivity index (χ1v) is 8.48. The monoisotopic (exact) mass is 328 g/mol. The molecule has 2 aromatic rings. The standard InChI is InChI=1S/C19H24N2O3/c1-13(2)17-16(19(22)21-11-9-15(23-3)10-12-21)20-18(24-17)14-7-5-4-6-8-14/h4-8,13,15H,9-12H2,1-3H3. The Morgan fingerprint density at radius 3 is 2.50 bits per heavy atom. The van der Waals surface area contributed by atoms with Crippen molar-refractivity contribution in [3.8, 4) is 11.5 Å². The largest absolute Gasteiger partial charge is 0.440 e. The summed E-state index contributed by atoms with van der Waals surface area (Å²) in [6.07, 6.45) is 1.97. The minimum absolute atomic E-state index is 0.0424. The van der Waals surface area contributed by atoms with Gasteiger partial charge in [-0.2, -0.15) is 0 Å². The van der Waals surface area contributed by atoms with Crippen molar-refractivity contribution in [3.63, 3.8) is 0 Å². The second-order valence-electron chi connectivity index (χ2n) is 6.48. The predicted molar refractivity (Wildman–Crippen MR) is 92.0 cm³/mol. The van der Waals surface area contributed by atoms with Gasteiger partial charge >= 0.3 is 0 Å². The molecule has 1 amide bonds. The zero-order valence-corrected chi connectivity index (χ0v) is 14.5. The van der Waals surface area contributed by atoms with Gasteiger partial charge in [-0.05, 0) is 25.0 Å². The molecular weight excluding hydrogens is 304 g/mol. The van der Waals surface area contributed by atoms with Gasteiger partial charge in [-0.25, -0.2) is 4.98 Å². The highest BCUT2D eigenvalue weighted by atomic mass is 16.5. The molecular formula is C19H24N2O3. The highest BCUT2D eigenvalue weighted by Crippen LogP contribution is 2.28. The first-order chi connectivity index (χ1) is 11.6. The number of methoxy groups -OCH3 is 1. The fraction of sp³-hybridized carbons (Fsp3) is 0.474. The Hall–Kier alpha value is -2.14. The molecule has 1 saturated heterocycles. The number of oxazole rings is 1. The average molecular weight is 328 g/mol. The van der Waals surface area contributed by atoms with E-state index in [0.717, 1.165) is 18.4 Å². The number of aromatic nitrogens is 1. The molecule has 0 bridgehead atoms. The fourth-order valence-corrected chi connectivity index (χ4v) is 3.03. The Balaban J connectivity index is 1.87. The smallest absolute Gasteiger partial charge is 0.276 e. The summed E-state index contributed by atoms with van der Waals surface area (Å²) >= 11 is 0. The summed E-state index contributed by atoms with van der Waals surface area (Å²) in [6, 6.07) is 9.70. The van der Waals surface area contributed by atoms with Crippen LogP contribution in [0.2, 0.25) is 0 Å². The molecule has 1 aliphatic heterocycles. The lowest BCUT2D eigenvalue weighted by molar-refractivity contribution is 0.0346. The van der Waals surface area contributed by atoms with Gasteiger partial charge in [0.15, 0.2) is 5.69 Å². The molecule has 0 aliphatic carbocycles. The second-order valence-corrected chi connectivity index (χ2v) is 6.48. The number of hydrogen-bond donors (Lipinski definition) is 0. The zero-order valence-electron chi connectivity index (χ0n) is 14.5. The number of likely N-dealkylation sites (tertiary alicyclic amines) is 1. The van der Waals surface area contributed by atoms with Crippen LogP contribution < -0.4 is 0 Å². The van der Waals surface area contributed by atoms with Crippen molar-refractivity contribution in [3.05, 3.63) is 41.8 Å². The van der Waals surface area contributed by atoms with E-state index in [4.69, 9.17) is 9.15 Å². The van der Waals surface area contributed by atoms with E-state index in [2.05, 4.69) is 4.98 Å². The topological polar surface area (TPSA) is 55.6 Å². The fourth-order valence-electron chi connectivity index (χ4n) is 3.03. The minimum Gasteiger partial charge on any atom is -0.440 e. The van der Waals surface area contributed by atoms with Gasteiger partial charge in [0, 0.05) is 31.7 Å². The van der Waals surface area contributed by atoms with E-state index >= 15 is 0 Å². The third kappa shape index (κ3) is 3.36. The Kier molecular flexibility index (Phi) is 5.00. The van der Waals surface area contributed by atoms with Gasteiger partial charge in [0.05, 0.1) is 6.10 Å². The number of amides is 1. The Morgan fingerprint density at radius 1 is 1.25 bits per heavy atom. The van der Waals surface area contributed by atoms with Gasteiger partial charge in [0.2, 0.25) is 5.89 Å². The lowest BCUT2D eigenvalue weighted by atomic mass is 10.1. The number of benzene rings is 1. The van der Waals surface area contributed by atoms with Crippen LogP contribution in [0.25, 0.3) is 11.5 Å². The molecule has 0 spiro atoms. The van der Waals surface area contributed by atoms with E-state index < -0.39 is 0 Å². The summed E-state index contributed by atoms with van der Waals surface area (Å²) in [5.41, 5.74) is 1.33. The van der Waals surface area contributed by atoms with Crippen molar-refractivity contribution >= 4 is 5.91 Å². The third-order valence-electron chi connectivity index (χ3n) is 4.46. The van der Waals surface area contributed by atoms with E-state index in [1.165, 1.54) is 0 Å². The summed E-state index contributed by atoms with van der Waals surface area (Å²) < 4.78 is 11.3. The van der Waals surface area contributed by atoms with E-state index in [9.17, 15) is 4.79 Å². The van der Waals surface area contributed by atoms with Crippen molar-refractivity contribution in [2.45, 2.75) is 38.7 Å². The number of ether oxygens (including phenoxy) is 1. The molecule has 0 saturated carbocycles. The summed E-state index contributed by atoms with van der Waals surface area (Å²) in [7, 11) is 1.72. The normalized spacial score (nSPS) is 15.9. The van der Waals surface area contributed by atoms with Crippen molar-refractivity contribution in [1.29, 1.82) is 0 Å². The van der Waals surface area contributed by atoms with Crippen LogP contribution in [-0.4, -0.2) is 42.1 Å². The van der Waals surface area contributed by atoms with Gasteiger partial charge in [0.25, 0.3) is 5.91 Å². The van der Waals surface area contributed by atoms with Crippen molar-refractivity contribution < 1.29 is 13.9 Å². The van der Waals surface area contributed by atoms with Gasteiger partial charge in [0.1, 0.15) is 5.76 Å². The van der Waals surface area contributed by atoms with Gasteiger partial charge in [-0.3, -0.25) is 4.79 Å². The number of carbonyl (C=O) groups is 1. The second kappa shape index (κ2) is 7.18. The molecule has 24 heavy (non-hydrogen) atoms. The van der Waals surface area contributed by atoms with Crippen LogP contribution in [0.4, 0.5) is 0 Å². The molecule has 3 rings (SSSR count). The van der Waals surface area contributed by atoms with E-state index in [1.807, 2.05) is 49.1 Å². The molecule has 0 radical (unpaired) electrons. The van der Waals surface area contributed by atoms with Crippen molar-refractivity contribution in [2.24, 2.45) is 0 Å². The molecule has 0 atom stereocenters. The molecule has 1 aromatic carbocycles. The molecule has 0 unspecified atom stereocenters. The Morgan fingerprint density at radius 2 is 1.92 bits per heavy atom. The third-order valence-corrected chi connectivity index (χ3v) is 4.46. The molecule has 128 valence electrons.